The minimum absolute atomic E-state index is 0.207. The Hall–Kier alpha value is -3.68. The van der Waals surface area contributed by atoms with Gasteiger partial charge in [-0.2, -0.15) is 0 Å². The van der Waals surface area contributed by atoms with Gasteiger partial charge in [0.2, 0.25) is 0 Å². The Labute approximate surface area is 153 Å². The Bertz CT molecular complexity index is 996. The summed E-state index contributed by atoms with van der Waals surface area (Å²) in [7, 11) is 0. The Morgan fingerprint density at radius 1 is 1.07 bits per heavy atom. The van der Waals surface area contributed by atoms with E-state index in [1.807, 2.05) is 30.3 Å². The van der Waals surface area contributed by atoms with E-state index in [0.29, 0.717) is 16.7 Å². The summed E-state index contributed by atoms with van der Waals surface area (Å²) in [6.07, 6.45) is -0.568. The first-order chi connectivity index (χ1) is 13.0. The summed E-state index contributed by atoms with van der Waals surface area (Å²) in [6, 6.07) is 12.6. The fraction of sp³-hybridized carbons (Fsp3) is 0.158. The summed E-state index contributed by atoms with van der Waals surface area (Å²) < 4.78 is 5.38. The number of carbonyl (C=O) groups is 3. The quantitative estimate of drug-likeness (QED) is 0.584. The van der Waals surface area contributed by atoms with E-state index in [4.69, 9.17) is 9.63 Å². The first-order valence-corrected chi connectivity index (χ1v) is 8.16. The molecular weight excluding hydrogens is 352 g/mol. The molecule has 8 nitrogen and oxygen atoms in total. The summed E-state index contributed by atoms with van der Waals surface area (Å²) >= 11 is 0. The highest BCUT2D eigenvalue weighted by Gasteiger charge is 2.22. The first-order valence-electron chi connectivity index (χ1n) is 8.16. The van der Waals surface area contributed by atoms with Crippen LogP contribution in [0.4, 0.5) is 0 Å². The maximum absolute atomic E-state index is 12.4. The van der Waals surface area contributed by atoms with Gasteiger partial charge in [-0.3, -0.25) is 9.59 Å². The van der Waals surface area contributed by atoms with E-state index >= 15 is 0 Å². The van der Waals surface area contributed by atoms with Gasteiger partial charge in [-0.25, -0.2) is 4.79 Å². The summed E-state index contributed by atoms with van der Waals surface area (Å²) in [4.78, 5) is 34.3. The van der Waals surface area contributed by atoms with Gasteiger partial charge in [0.05, 0.1) is 5.39 Å². The van der Waals surface area contributed by atoms with Gasteiger partial charge in [0.1, 0.15) is 11.6 Å². The van der Waals surface area contributed by atoms with E-state index < -0.39 is 23.9 Å². The lowest BCUT2D eigenvalue weighted by Gasteiger charge is -2.13. The number of carbonyl (C=O) groups excluding carboxylic acids is 1. The monoisotopic (exact) mass is 368 g/mol. The number of carboxylic acid groups (broad SMARTS) is 2. The highest BCUT2D eigenvalue weighted by atomic mass is 16.5. The van der Waals surface area contributed by atoms with Crippen LogP contribution in [0, 0.1) is 0 Å². The van der Waals surface area contributed by atoms with E-state index in [1.165, 1.54) is 6.07 Å². The first kappa shape index (κ1) is 18.1. The van der Waals surface area contributed by atoms with Gasteiger partial charge in [-0.1, -0.05) is 35.5 Å². The molecule has 1 aromatic heterocycles. The van der Waals surface area contributed by atoms with Gasteiger partial charge < -0.3 is 20.1 Å². The van der Waals surface area contributed by atoms with Crippen molar-refractivity contribution in [1.82, 2.24) is 10.5 Å². The van der Waals surface area contributed by atoms with Crippen LogP contribution in [-0.2, 0) is 9.59 Å². The number of hydrogen-bond donors (Lipinski definition) is 3. The molecular formula is C19H16N2O6. The zero-order chi connectivity index (χ0) is 19.4. The molecule has 0 saturated heterocycles. The number of benzene rings is 2. The second kappa shape index (κ2) is 7.69. The molecule has 3 rings (SSSR count). The number of amides is 1. The van der Waals surface area contributed by atoms with Crippen LogP contribution in [0.5, 0.6) is 0 Å². The minimum Gasteiger partial charge on any atom is -0.481 e. The molecule has 0 spiro atoms. The third-order valence-corrected chi connectivity index (χ3v) is 4.02. The van der Waals surface area contributed by atoms with Crippen LogP contribution in [0.3, 0.4) is 0 Å². The van der Waals surface area contributed by atoms with Crippen molar-refractivity contribution >= 4 is 28.7 Å². The maximum Gasteiger partial charge on any atom is 0.326 e. The molecule has 0 aliphatic carbocycles. The van der Waals surface area contributed by atoms with Crippen molar-refractivity contribution in [2.75, 3.05) is 0 Å². The molecule has 2 aromatic carbocycles. The lowest BCUT2D eigenvalue weighted by Crippen LogP contribution is -2.41. The summed E-state index contributed by atoms with van der Waals surface area (Å²) in [5.41, 5.74) is 1.58. The largest absolute Gasteiger partial charge is 0.481 e. The minimum atomic E-state index is -1.29. The van der Waals surface area contributed by atoms with Crippen molar-refractivity contribution in [1.29, 1.82) is 0 Å². The Morgan fingerprint density at radius 3 is 2.48 bits per heavy atom. The van der Waals surface area contributed by atoms with E-state index in [9.17, 15) is 19.5 Å². The molecule has 27 heavy (non-hydrogen) atoms. The van der Waals surface area contributed by atoms with Crippen molar-refractivity contribution in [3.63, 3.8) is 0 Å². The van der Waals surface area contributed by atoms with Crippen LogP contribution in [0.15, 0.2) is 53.1 Å². The predicted molar refractivity (Wildman–Crippen MR) is 95.2 cm³/mol. The Kier molecular flexibility index (Phi) is 5.16. The van der Waals surface area contributed by atoms with Gasteiger partial charge >= 0.3 is 11.9 Å². The van der Waals surface area contributed by atoms with Crippen LogP contribution in [0.1, 0.15) is 23.2 Å². The number of aromatic nitrogens is 1. The molecule has 8 heteroatoms. The molecule has 1 heterocycles. The number of fused-ring (bicyclic) bond motifs is 1. The van der Waals surface area contributed by atoms with Crippen LogP contribution >= 0.6 is 0 Å². The van der Waals surface area contributed by atoms with Crippen molar-refractivity contribution in [2.24, 2.45) is 0 Å². The van der Waals surface area contributed by atoms with Gasteiger partial charge in [0.25, 0.3) is 5.91 Å². The number of nitrogens with zero attached hydrogens (tertiary/aromatic N) is 1. The topological polar surface area (TPSA) is 130 Å². The smallest absolute Gasteiger partial charge is 0.326 e. The van der Waals surface area contributed by atoms with E-state index in [2.05, 4.69) is 10.5 Å². The molecule has 0 radical (unpaired) electrons. The van der Waals surface area contributed by atoms with Crippen LogP contribution in [0.2, 0.25) is 0 Å². The number of hydrogen-bond acceptors (Lipinski definition) is 5. The van der Waals surface area contributed by atoms with Crippen molar-refractivity contribution in [3.8, 4) is 11.3 Å². The standard InChI is InChI=1S/C19H16N2O6/c22-16(23)9-8-15(19(25)26)20-18(24)12-6-7-14-13(10-12)17(27-21-14)11-4-2-1-3-5-11/h1-7,10,15H,8-9H2,(H,20,24)(H,22,23)(H,25,26)/t15-/m1/s1. The maximum atomic E-state index is 12.4. The fourth-order valence-electron chi connectivity index (χ4n) is 2.65. The third-order valence-electron chi connectivity index (χ3n) is 4.02. The molecule has 138 valence electrons. The molecule has 3 N–H and O–H groups in total. The fourth-order valence-corrected chi connectivity index (χ4v) is 2.65. The molecule has 3 aromatic rings. The SMILES string of the molecule is O=C(O)CC[C@@H](NC(=O)c1ccc2noc(-c3ccccc3)c2c1)C(=O)O. The molecule has 0 aliphatic rings. The Balaban J connectivity index is 1.86. The summed E-state index contributed by atoms with van der Waals surface area (Å²) in [6.45, 7) is 0. The molecule has 1 amide bonds. The lowest BCUT2D eigenvalue weighted by atomic mass is 10.1. The molecule has 0 saturated carbocycles. The zero-order valence-electron chi connectivity index (χ0n) is 14.1. The van der Waals surface area contributed by atoms with Crippen molar-refractivity contribution in [2.45, 2.75) is 18.9 Å². The highest BCUT2D eigenvalue weighted by molar-refractivity contribution is 6.02. The Morgan fingerprint density at radius 2 is 1.81 bits per heavy atom. The van der Waals surface area contributed by atoms with Gasteiger partial charge in [-0.15, -0.1) is 0 Å². The lowest BCUT2D eigenvalue weighted by molar-refractivity contribution is -0.140. The van der Waals surface area contributed by atoms with E-state index in [0.717, 1.165) is 5.56 Å². The molecule has 1 atom stereocenters. The van der Waals surface area contributed by atoms with Gasteiger partial charge in [0.15, 0.2) is 5.76 Å². The number of aliphatic carboxylic acids is 2. The molecule has 0 bridgehead atoms. The summed E-state index contributed by atoms with van der Waals surface area (Å²) in [5.74, 6) is -2.54. The second-order valence-electron chi connectivity index (χ2n) is 5.91. The highest BCUT2D eigenvalue weighted by Crippen LogP contribution is 2.29. The molecule has 0 aliphatic heterocycles. The third kappa shape index (κ3) is 4.12. The number of carboxylic acids is 2. The predicted octanol–water partition coefficient (Wildman–Crippen LogP) is 2.54. The van der Waals surface area contributed by atoms with Crippen molar-refractivity contribution < 1.29 is 29.1 Å². The van der Waals surface area contributed by atoms with Crippen LogP contribution in [0.25, 0.3) is 22.2 Å². The number of nitrogens with one attached hydrogen (secondary N) is 1. The van der Waals surface area contributed by atoms with Gasteiger partial charge in [0, 0.05) is 17.5 Å². The second-order valence-corrected chi connectivity index (χ2v) is 5.91. The zero-order valence-corrected chi connectivity index (χ0v) is 14.1. The van der Waals surface area contributed by atoms with Gasteiger partial charge in [-0.05, 0) is 24.6 Å². The number of rotatable bonds is 7. The van der Waals surface area contributed by atoms with E-state index in [1.54, 1.807) is 12.1 Å². The normalized spacial score (nSPS) is 11.9. The van der Waals surface area contributed by atoms with Crippen LogP contribution in [-0.4, -0.2) is 39.3 Å². The van der Waals surface area contributed by atoms with Crippen molar-refractivity contribution in [3.05, 3.63) is 54.1 Å². The molecule has 0 fully saturated rings. The average molecular weight is 368 g/mol. The van der Waals surface area contributed by atoms with E-state index in [-0.39, 0.29) is 18.4 Å². The average Bonchev–Trinajstić information content (AvgIpc) is 3.08. The van der Waals surface area contributed by atoms with Crippen LogP contribution < -0.4 is 5.32 Å². The molecule has 0 unspecified atom stereocenters. The summed E-state index contributed by atoms with van der Waals surface area (Å²) in [5, 5.41) is 24.8.